The summed E-state index contributed by atoms with van der Waals surface area (Å²) in [5.41, 5.74) is 3.98. The standard InChI is InChI=1S/C18H17NOS/c1-3-4-7-13-11-14(16(20)10-12(13)2)18-19-15-8-5-6-9-17(15)21-18/h4-11,20H,3H2,1-2H3/b7-4-. The molecule has 106 valence electrons. The average Bonchev–Trinajstić information content (AvgIpc) is 2.90. The summed E-state index contributed by atoms with van der Waals surface area (Å²) < 4.78 is 1.14. The Bertz CT molecular complexity index is 784. The van der Waals surface area contributed by atoms with Gasteiger partial charge >= 0.3 is 0 Å². The molecule has 0 spiro atoms. The number of hydrogen-bond donors (Lipinski definition) is 1. The lowest BCUT2D eigenvalue weighted by Crippen LogP contribution is -1.85. The van der Waals surface area contributed by atoms with E-state index in [1.165, 1.54) is 0 Å². The van der Waals surface area contributed by atoms with E-state index < -0.39 is 0 Å². The molecule has 1 aromatic heterocycles. The first kappa shape index (κ1) is 13.8. The lowest BCUT2D eigenvalue weighted by molar-refractivity contribution is 0.477. The van der Waals surface area contributed by atoms with Crippen molar-refractivity contribution in [2.45, 2.75) is 20.3 Å². The van der Waals surface area contributed by atoms with Crippen LogP contribution >= 0.6 is 11.3 Å². The summed E-state index contributed by atoms with van der Waals surface area (Å²) in [6, 6.07) is 11.9. The maximum Gasteiger partial charge on any atom is 0.128 e. The topological polar surface area (TPSA) is 33.1 Å². The van der Waals surface area contributed by atoms with E-state index in [1.807, 2.05) is 37.3 Å². The number of nitrogens with zero attached hydrogens (tertiary/aromatic N) is 1. The van der Waals surface area contributed by atoms with Crippen molar-refractivity contribution in [2.24, 2.45) is 0 Å². The summed E-state index contributed by atoms with van der Waals surface area (Å²) in [6.45, 7) is 4.12. The molecular weight excluding hydrogens is 278 g/mol. The minimum absolute atomic E-state index is 0.292. The highest BCUT2D eigenvalue weighted by molar-refractivity contribution is 7.21. The Labute approximate surface area is 128 Å². The average molecular weight is 295 g/mol. The number of hydrogen-bond acceptors (Lipinski definition) is 3. The molecule has 0 fully saturated rings. The SMILES string of the molecule is CC/C=C\c1cc(-c2nc3ccccc3s2)c(O)cc1C. The molecule has 1 heterocycles. The van der Waals surface area contributed by atoms with E-state index in [1.54, 1.807) is 11.3 Å². The van der Waals surface area contributed by atoms with Crippen LogP contribution in [-0.2, 0) is 0 Å². The Kier molecular flexibility index (Phi) is 3.76. The Morgan fingerprint density at radius 1 is 1.24 bits per heavy atom. The van der Waals surface area contributed by atoms with Gasteiger partial charge in [0, 0.05) is 0 Å². The van der Waals surface area contributed by atoms with Gasteiger partial charge in [0.05, 0.1) is 15.8 Å². The van der Waals surface area contributed by atoms with Crippen molar-refractivity contribution >= 4 is 27.6 Å². The molecule has 0 saturated heterocycles. The van der Waals surface area contributed by atoms with Crippen molar-refractivity contribution in [3.63, 3.8) is 0 Å². The van der Waals surface area contributed by atoms with E-state index in [-0.39, 0.29) is 0 Å². The number of thiazole rings is 1. The first-order chi connectivity index (χ1) is 10.2. The third kappa shape index (κ3) is 2.69. The lowest BCUT2D eigenvalue weighted by atomic mass is 10.0. The second kappa shape index (κ2) is 5.70. The Hall–Kier alpha value is -2.13. The van der Waals surface area contributed by atoms with E-state index in [0.29, 0.717) is 5.75 Å². The van der Waals surface area contributed by atoms with Gasteiger partial charge in [0.25, 0.3) is 0 Å². The fourth-order valence-electron chi connectivity index (χ4n) is 2.29. The molecule has 0 bridgehead atoms. The molecule has 0 aliphatic rings. The Morgan fingerprint density at radius 3 is 2.81 bits per heavy atom. The second-order valence-electron chi connectivity index (χ2n) is 5.02. The predicted octanol–water partition coefficient (Wildman–Crippen LogP) is 5.40. The molecule has 21 heavy (non-hydrogen) atoms. The zero-order chi connectivity index (χ0) is 14.8. The molecule has 0 aliphatic heterocycles. The van der Waals surface area contributed by atoms with Crippen LogP contribution < -0.4 is 0 Å². The number of fused-ring (bicyclic) bond motifs is 1. The van der Waals surface area contributed by atoms with Crippen molar-refractivity contribution in [1.29, 1.82) is 0 Å². The maximum absolute atomic E-state index is 10.3. The summed E-state index contributed by atoms with van der Waals surface area (Å²) in [4.78, 5) is 4.63. The molecule has 3 aromatic rings. The molecule has 1 N–H and O–H groups in total. The smallest absolute Gasteiger partial charge is 0.128 e. The fraction of sp³-hybridized carbons (Fsp3) is 0.167. The largest absolute Gasteiger partial charge is 0.507 e. The molecule has 0 aliphatic carbocycles. The fourth-order valence-corrected chi connectivity index (χ4v) is 3.28. The zero-order valence-electron chi connectivity index (χ0n) is 12.1. The van der Waals surface area contributed by atoms with Crippen LogP contribution in [0, 0.1) is 6.92 Å². The Morgan fingerprint density at radius 2 is 2.05 bits per heavy atom. The second-order valence-corrected chi connectivity index (χ2v) is 6.05. The van der Waals surface area contributed by atoms with Crippen LogP contribution in [0.4, 0.5) is 0 Å². The van der Waals surface area contributed by atoms with E-state index >= 15 is 0 Å². The van der Waals surface area contributed by atoms with Crippen LogP contribution in [0.3, 0.4) is 0 Å². The molecule has 0 atom stereocenters. The van der Waals surface area contributed by atoms with Crippen molar-refractivity contribution in [3.8, 4) is 16.3 Å². The number of phenols is 1. The predicted molar refractivity (Wildman–Crippen MR) is 90.8 cm³/mol. The molecule has 0 amide bonds. The van der Waals surface area contributed by atoms with Gasteiger partial charge in [-0.1, -0.05) is 31.2 Å². The number of allylic oxidation sites excluding steroid dienone is 1. The van der Waals surface area contributed by atoms with Crippen molar-refractivity contribution in [2.75, 3.05) is 0 Å². The van der Waals surface area contributed by atoms with Crippen molar-refractivity contribution < 1.29 is 5.11 Å². The number of rotatable bonds is 3. The number of benzene rings is 2. The van der Waals surface area contributed by atoms with Crippen LogP contribution in [0.25, 0.3) is 26.9 Å². The number of aromatic nitrogens is 1. The van der Waals surface area contributed by atoms with Crippen LogP contribution in [0.1, 0.15) is 24.5 Å². The summed E-state index contributed by atoms with van der Waals surface area (Å²) in [7, 11) is 0. The van der Waals surface area contributed by atoms with Crippen molar-refractivity contribution in [1.82, 2.24) is 4.98 Å². The third-order valence-corrected chi connectivity index (χ3v) is 4.51. The minimum Gasteiger partial charge on any atom is -0.507 e. The van der Waals surface area contributed by atoms with Crippen LogP contribution in [0.5, 0.6) is 5.75 Å². The quantitative estimate of drug-likeness (QED) is 0.701. The summed E-state index contributed by atoms with van der Waals surface area (Å²) in [6.07, 6.45) is 5.23. The van der Waals surface area contributed by atoms with Crippen molar-refractivity contribution in [3.05, 3.63) is 53.6 Å². The van der Waals surface area contributed by atoms with E-state index in [4.69, 9.17) is 0 Å². The lowest BCUT2D eigenvalue weighted by Gasteiger charge is -2.06. The van der Waals surface area contributed by atoms with Gasteiger partial charge < -0.3 is 5.11 Å². The molecule has 0 radical (unpaired) electrons. The van der Waals surface area contributed by atoms with Gasteiger partial charge in [0.1, 0.15) is 10.8 Å². The van der Waals surface area contributed by atoms with E-state index in [9.17, 15) is 5.11 Å². The molecule has 3 rings (SSSR count). The van der Waals surface area contributed by atoms with Gasteiger partial charge in [-0.2, -0.15) is 0 Å². The summed E-state index contributed by atoms with van der Waals surface area (Å²) in [5, 5.41) is 11.1. The van der Waals surface area contributed by atoms with Gasteiger partial charge in [-0.15, -0.1) is 11.3 Å². The van der Waals surface area contributed by atoms with Gasteiger partial charge in [0.2, 0.25) is 0 Å². The third-order valence-electron chi connectivity index (χ3n) is 3.44. The number of aryl methyl sites for hydroxylation is 1. The highest BCUT2D eigenvalue weighted by Crippen LogP contribution is 2.37. The van der Waals surface area contributed by atoms with E-state index in [2.05, 4.69) is 30.1 Å². The normalized spacial score (nSPS) is 11.5. The van der Waals surface area contributed by atoms with Crippen LogP contribution in [0.2, 0.25) is 0 Å². The number of aromatic hydroxyl groups is 1. The first-order valence-electron chi connectivity index (χ1n) is 7.05. The molecule has 3 heteroatoms. The highest BCUT2D eigenvalue weighted by Gasteiger charge is 2.12. The van der Waals surface area contributed by atoms with Gasteiger partial charge in [-0.25, -0.2) is 4.98 Å². The maximum atomic E-state index is 10.3. The Balaban J connectivity index is 2.14. The first-order valence-corrected chi connectivity index (χ1v) is 7.86. The van der Waals surface area contributed by atoms with Crippen LogP contribution in [-0.4, -0.2) is 10.1 Å². The minimum atomic E-state index is 0.292. The number of phenolic OH excluding ortho intramolecular Hbond substituents is 1. The summed E-state index contributed by atoms with van der Waals surface area (Å²) in [5.74, 6) is 0.292. The van der Waals surface area contributed by atoms with Crippen LogP contribution in [0.15, 0.2) is 42.5 Å². The zero-order valence-corrected chi connectivity index (χ0v) is 12.9. The molecule has 2 aromatic carbocycles. The molecule has 0 saturated carbocycles. The highest BCUT2D eigenvalue weighted by atomic mass is 32.1. The summed E-state index contributed by atoms with van der Waals surface area (Å²) >= 11 is 1.61. The molecule has 0 unspecified atom stereocenters. The number of para-hydroxylation sites is 1. The van der Waals surface area contributed by atoms with Gasteiger partial charge in [-0.3, -0.25) is 0 Å². The van der Waals surface area contributed by atoms with E-state index in [0.717, 1.165) is 38.3 Å². The molecule has 2 nitrogen and oxygen atoms in total. The van der Waals surface area contributed by atoms with Gasteiger partial charge in [0.15, 0.2) is 0 Å². The monoisotopic (exact) mass is 295 g/mol. The van der Waals surface area contributed by atoms with Gasteiger partial charge in [-0.05, 0) is 48.7 Å². The molecular formula is C18H17NOS.